The first kappa shape index (κ1) is 20.9. The Balaban J connectivity index is 1.51. The molecule has 8 rings (SSSR count). The SMILES string of the molecule is CC1(C)C=c2nc(-n3c4ccccc4c4ccccc43)nc(-c3cccc4c3sc3ccccc34)c2=C1. The maximum absolute atomic E-state index is 5.35. The van der Waals surface area contributed by atoms with E-state index >= 15 is 0 Å². The van der Waals surface area contributed by atoms with Gasteiger partial charge >= 0.3 is 0 Å². The van der Waals surface area contributed by atoms with Crippen molar-refractivity contribution >= 4 is 65.5 Å². The summed E-state index contributed by atoms with van der Waals surface area (Å²) in [4.78, 5) is 10.5. The van der Waals surface area contributed by atoms with E-state index in [4.69, 9.17) is 9.97 Å². The fraction of sp³-hybridized carbons (Fsp3) is 0.0909. The van der Waals surface area contributed by atoms with Gasteiger partial charge in [0.2, 0.25) is 5.95 Å². The van der Waals surface area contributed by atoms with Crippen LogP contribution in [0.5, 0.6) is 0 Å². The van der Waals surface area contributed by atoms with E-state index in [0.29, 0.717) is 5.95 Å². The summed E-state index contributed by atoms with van der Waals surface area (Å²) in [6, 6.07) is 32.3. The van der Waals surface area contributed by atoms with Crippen molar-refractivity contribution in [2.75, 3.05) is 0 Å². The van der Waals surface area contributed by atoms with Gasteiger partial charge in [0, 0.05) is 47.1 Å². The predicted octanol–water partition coefficient (Wildman–Crippen LogP) is 7.21. The fourth-order valence-electron chi connectivity index (χ4n) is 5.87. The van der Waals surface area contributed by atoms with E-state index < -0.39 is 0 Å². The molecule has 0 aliphatic heterocycles. The lowest BCUT2D eigenvalue weighted by molar-refractivity contribution is 0.723. The van der Waals surface area contributed by atoms with Crippen molar-refractivity contribution in [1.82, 2.24) is 14.5 Å². The fourth-order valence-corrected chi connectivity index (χ4v) is 7.09. The molecular weight excluding hydrogens is 470 g/mol. The monoisotopic (exact) mass is 493 g/mol. The van der Waals surface area contributed by atoms with Crippen LogP contribution in [0.1, 0.15) is 13.8 Å². The maximum Gasteiger partial charge on any atom is 0.235 e. The third-order valence-corrected chi connectivity index (χ3v) is 8.65. The Bertz CT molecular complexity index is 2130. The standard InChI is InChI=1S/C33H23N3S/c1-33(2)18-25-26(19-33)34-32(36-27-15-6-3-10-20(27)21-11-4-7-16-28(21)36)35-30(25)24-14-9-13-23-22-12-5-8-17-29(22)37-31(23)24/h3-19H,1-2H3. The molecule has 4 heteroatoms. The summed E-state index contributed by atoms with van der Waals surface area (Å²) >= 11 is 1.85. The van der Waals surface area contributed by atoms with Crippen LogP contribution < -0.4 is 10.6 Å². The zero-order chi connectivity index (χ0) is 24.7. The van der Waals surface area contributed by atoms with Crippen molar-refractivity contribution in [3.63, 3.8) is 0 Å². The van der Waals surface area contributed by atoms with Crippen molar-refractivity contribution in [1.29, 1.82) is 0 Å². The molecule has 0 unspecified atom stereocenters. The molecule has 0 bridgehead atoms. The molecule has 7 aromatic rings. The number of hydrogen-bond donors (Lipinski definition) is 0. The molecule has 3 nitrogen and oxygen atoms in total. The Morgan fingerprint density at radius 1 is 0.649 bits per heavy atom. The Labute approximate surface area is 217 Å². The second kappa shape index (κ2) is 7.37. The second-order valence-electron chi connectivity index (χ2n) is 10.4. The summed E-state index contributed by atoms with van der Waals surface area (Å²) in [5, 5.41) is 7.14. The number of rotatable bonds is 2. The van der Waals surface area contributed by atoms with Gasteiger partial charge in [0.1, 0.15) is 0 Å². The van der Waals surface area contributed by atoms with E-state index in [9.17, 15) is 0 Å². The van der Waals surface area contributed by atoms with Gasteiger partial charge in [0.05, 0.1) is 22.1 Å². The highest BCUT2D eigenvalue weighted by Crippen LogP contribution is 2.39. The Morgan fingerprint density at radius 3 is 2.05 bits per heavy atom. The molecule has 1 aliphatic carbocycles. The molecule has 0 N–H and O–H groups in total. The average Bonchev–Trinajstić information content (AvgIpc) is 3.56. The van der Waals surface area contributed by atoms with Gasteiger partial charge in [-0.05, 0) is 24.3 Å². The summed E-state index contributed by atoms with van der Waals surface area (Å²) in [6.45, 7) is 4.47. The van der Waals surface area contributed by atoms with E-state index in [1.54, 1.807) is 0 Å². The van der Waals surface area contributed by atoms with E-state index in [2.05, 4.69) is 122 Å². The minimum absolute atomic E-state index is 0.0841. The number of nitrogens with zero attached hydrogens (tertiary/aromatic N) is 3. The Kier molecular flexibility index (Phi) is 4.16. The van der Waals surface area contributed by atoms with Gasteiger partial charge < -0.3 is 0 Å². The van der Waals surface area contributed by atoms with Crippen LogP contribution in [-0.4, -0.2) is 14.5 Å². The molecule has 0 radical (unpaired) electrons. The Hall–Kier alpha value is -4.28. The van der Waals surface area contributed by atoms with E-state index in [1.807, 2.05) is 11.3 Å². The first-order chi connectivity index (χ1) is 18.1. The molecular formula is C33H23N3S. The van der Waals surface area contributed by atoms with Crippen molar-refractivity contribution < 1.29 is 0 Å². The van der Waals surface area contributed by atoms with Crippen LogP contribution in [0, 0.1) is 5.41 Å². The van der Waals surface area contributed by atoms with Crippen LogP contribution in [0.4, 0.5) is 0 Å². The van der Waals surface area contributed by atoms with Crippen LogP contribution in [0.15, 0.2) is 91.0 Å². The van der Waals surface area contributed by atoms with Crippen molar-refractivity contribution in [2.24, 2.45) is 5.41 Å². The van der Waals surface area contributed by atoms with Crippen LogP contribution in [0.2, 0.25) is 0 Å². The summed E-state index contributed by atoms with van der Waals surface area (Å²) in [5.74, 6) is 0.714. The summed E-state index contributed by atoms with van der Waals surface area (Å²) in [6.07, 6.45) is 4.59. The van der Waals surface area contributed by atoms with E-state index in [0.717, 1.165) is 27.3 Å². The molecule has 0 atom stereocenters. The van der Waals surface area contributed by atoms with Gasteiger partial charge in [0.25, 0.3) is 0 Å². The lowest BCUT2D eigenvalue weighted by atomic mass is 9.96. The topological polar surface area (TPSA) is 30.7 Å². The number of aromatic nitrogens is 3. The molecule has 0 saturated heterocycles. The van der Waals surface area contributed by atoms with Crippen LogP contribution in [0.3, 0.4) is 0 Å². The molecule has 0 saturated carbocycles. The molecule has 1 aliphatic rings. The maximum atomic E-state index is 5.35. The summed E-state index contributed by atoms with van der Waals surface area (Å²) < 4.78 is 4.79. The summed E-state index contributed by atoms with van der Waals surface area (Å²) in [7, 11) is 0. The molecule has 0 fully saturated rings. The van der Waals surface area contributed by atoms with Gasteiger partial charge in [-0.25, -0.2) is 9.97 Å². The molecule has 176 valence electrons. The smallest absolute Gasteiger partial charge is 0.235 e. The molecule has 3 aromatic heterocycles. The van der Waals surface area contributed by atoms with E-state index in [-0.39, 0.29) is 5.41 Å². The number of hydrogen-bond acceptors (Lipinski definition) is 3. The van der Waals surface area contributed by atoms with Crippen LogP contribution >= 0.6 is 11.3 Å². The predicted molar refractivity (Wildman–Crippen MR) is 157 cm³/mol. The number of benzene rings is 4. The van der Waals surface area contributed by atoms with Gasteiger partial charge in [-0.1, -0.05) is 92.7 Å². The van der Waals surface area contributed by atoms with Crippen molar-refractivity contribution in [3.8, 4) is 17.2 Å². The first-order valence-corrected chi connectivity index (χ1v) is 13.4. The van der Waals surface area contributed by atoms with Crippen molar-refractivity contribution in [3.05, 3.63) is 102 Å². The third kappa shape index (κ3) is 3.00. The van der Waals surface area contributed by atoms with Crippen LogP contribution in [-0.2, 0) is 0 Å². The highest BCUT2D eigenvalue weighted by Gasteiger charge is 2.23. The minimum atomic E-state index is -0.0841. The zero-order valence-electron chi connectivity index (χ0n) is 20.6. The second-order valence-corrected chi connectivity index (χ2v) is 11.5. The number of fused-ring (bicyclic) bond motifs is 7. The summed E-state index contributed by atoms with van der Waals surface area (Å²) in [5.41, 5.74) is 4.33. The first-order valence-electron chi connectivity index (χ1n) is 12.6. The van der Waals surface area contributed by atoms with Crippen molar-refractivity contribution in [2.45, 2.75) is 13.8 Å². The molecule has 4 aromatic carbocycles. The largest absolute Gasteiger partial charge is 0.278 e. The van der Waals surface area contributed by atoms with Gasteiger partial charge in [-0.2, -0.15) is 0 Å². The van der Waals surface area contributed by atoms with Gasteiger partial charge in [-0.3, -0.25) is 4.57 Å². The molecule has 3 heterocycles. The minimum Gasteiger partial charge on any atom is -0.278 e. The van der Waals surface area contributed by atoms with E-state index in [1.165, 1.54) is 36.5 Å². The molecule has 37 heavy (non-hydrogen) atoms. The highest BCUT2D eigenvalue weighted by molar-refractivity contribution is 7.26. The highest BCUT2D eigenvalue weighted by atomic mass is 32.1. The lowest BCUT2D eigenvalue weighted by Gasteiger charge is -2.10. The average molecular weight is 494 g/mol. The molecule has 0 amide bonds. The molecule has 0 spiro atoms. The quantitative estimate of drug-likeness (QED) is 0.255. The third-order valence-electron chi connectivity index (χ3n) is 7.43. The number of para-hydroxylation sites is 2. The Morgan fingerprint density at radius 2 is 1.30 bits per heavy atom. The normalized spacial score (nSPS) is 14.3. The van der Waals surface area contributed by atoms with Gasteiger partial charge in [-0.15, -0.1) is 11.3 Å². The zero-order valence-corrected chi connectivity index (χ0v) is 21.4. The van der Waals surface area contributed by atoms with Gasteiger partial charge in [0.15, 0.2) is 0 Å². The number of thiophene rings is 1. The van der Waals surface area contributed by atoms with Crippen LogP contribution in [0.25, 0.3) is 71.3 Å². The lowest BCUT2D eigenvalue weighted by Crippen LogP contribution is -2.30.